The first-order valence-electron chi connectivity index (χ1n) is 4.12. The fourth-order valence-corrected chi connectivity index (χ4v) is 1.65. The van der Waals surface area contributed by atoms with Crippen molar-refractivity contribution < 1.29 is 14.7 Å². The van der Waals surface area contributed by atoms with Crippen LogP contribution in [0.4, 0.5) is 4.79 Å². The van der Waals surface area contributed by atoms with Crippen molar-refractivity contribution >= 4 is 34.9 Å². The Hall–Kier alpha value is -1.81. The molecule has 0 aliphatic rings. The Labute approximate surface area is 89.7 Å². The van der Waals surface area contributed by atoms with E-state index in [4.69, 9.17) is 16.7 Å². The second kappa shape index (κ2) is 3.40. The molecule has 1 aromatic carbocycles. The summed E-state index contributed by atoms with van der Waals surface area (Å²) in [5, 5.41) is 9.88. The maximum absolute atomic E-state index is 10.8. The Morgan fingerprint density at radius 1 is 1.47 bits per heavy atom. The van der Waals surface area contributed by atoms with Crippen molar-refractivity contribution in [1.82, 2.24) is 4.57 Å². The number of benzene rings is 1. The topological polar surface area (TPSA) is 59.3 Å². The van der Waals surface area contributed by atoms with Crippen molar-refractivity contribution in [1.29, 1.82) is 0 Å². The number of fused-ring (bicyclic) bond motifs is 1. The lowest BCUT2D eigenvalue weighted by Gasteiger charge is -1.96. The van der Waals surface area contributed by atoms with E-state index in [2.05, 4.69) is 0 Å². The maximum atomic E-state index is 10.8. The van der Waals surface area contributed by atoms with Gasteiger partial charge in [0.2, 0.25) is 0 Å². The molecule has 0 saturated carbocycles. The molecule has 5 heteroatoms. The van der Waals surface area contributed by atoms with Crippen LogP contribution in [0.2, 0.25) is 5.02 Å². The zero-order chi connectivity index (χ0) is 11.0. The smallest absolute Gasteiger partial charge is 0.416 e. The van der Waals surface area contributed by atoms with E-state index in [0.29, 0.717) is 27.8 Å². The maximum Gasteiger partial charge on any atom is 0.416 e. The lowest BCUT2D eigenvalue weighted by Crippen LogP contribution is -2.05. The zero-order valence-corrected chi connectivity index (χ0v) is 8.23. The SMILES string of the molecule is O=Cc1cn(C(=O)O)c2ccc(Cl)cc12. The minimum Gasteiger partial charge on any atom is -0.464 e. The molecule has 0 bridgehead atoms. The van der Waals surface area contributed by atoms with Crippen LogP contribution in [0.25, 0.3) is 10.9 Å². The van der Waals surface area contributed by atoms with E-state index >= 15 is 0 Å². The second-order valence-corrected chi connectivity index (χ2v) is 3.45. The van der Waals surface area contributed by atoms with Crippen molar-refractivity contribution in [3.63, 3.8) is 0 Å². The molecule has 0 unspecified atom stereocenters. The van der Waals surface area contributed by atoms with Gasteiger partial charge in [-0.3, -0.25) is 9.36 Å². The molecule has 15 heavy (non-hydrogen) atoms. The summed E-state index contributed by atoms with van der Waals surface area (Å²) in [4.78, 5) is 21.6. The third kappa shape index (κ3) is 1.49. The first-order valence-corrected chi connectivity index (χ1v) is 4.50. The molecular weight excluding hydrogens is 218 g/mol. The number of carboxylic acid groups (broad SMARTS) is 1. The number of rotatable bonds is 1. The normalized spacial score (nSPS) is 10.5. The van der Waals surface area contributed by atoms with Gasteiger partial charge in [-0.25, -0.2) is 4.79 Å². The van der Waals surface area contributed by atoms with Crippen molar-refractivity contribution in [3.05, 3.63) is 35.0 Å². The molecule has 4 nitrogen and oxygen atoms in total. The van der Waals surface area contributed by atoms with Crippen molar-refractivity contribution in [2.24, 2.45) is 0 Å². The first kappa shape index (κ1) is 9.73. The van der Waals surface area contributed by atoms with Gasteiger partial charge in [0.1, 0.15) is 0 Å². The number of aromatic nitrogens is 1. The van der Waals surface area contributed by atoms with E-state index in [0.717, 1.165) is 4.57 Å². The van der Waals surface area contributed by atoms with Gasteiger partial charge in [0.25, 0.3) is 0 Å². The number of carbonyl (C=O) groups excluding carboxylic acids is 1. The lowest BCUT2D eigenvalue weighted by molar-refractivity contribution is 0.112. The second-order valence-electron chi connectivity index (χ2n) is 3.02. The Morgan fingerprint density at radius 3 is 2.80 bits per heavy atom. The van der Waals surface area contributed by atoms with Crippen molar-refractivity contribution in [2.45, 2.75) is 0 Å². The number of hydrogen-bond donors (Lipinski definition) is 1. The van der Waals surface area contributed by atoms with Gasteiger partial charge in [-0.15, -0.1) is 0 Å². The van der Waals surface area contributed by atoms with Gasteiger partial charge < -0.3 is 5.11 Å². The largest absolute Gasteiger partial charge is 0.464 e. The van der Waals surface area contributed by atoms with Crippen LogP contribution in [0.15, 0.2) is 24.4 Å². The molecule has 1 aromatic heterocycles. The first-order chi connectivity index (χ1) is 7.13. The highest BCUT2D eigenvalue weighted by Gasteiger charge is 2.12. The van der Waals surface area contributed by atoms with Crippen molar-refractivity contribution in [2.75, 3.05) is 0 Å². The highest BCUT2D eigenvalue weighted by atomic mass is 35.5. The summed E-state index contributed by atoms with van der Waals surface area (Å²) in [6.07, 6.45) is 0.754. The van der Waals surface area contributed by atoms with Gasteiger partial charge >= 0.3 is 6.09 Å². The van der Waals surface area contributed by atoms with Crippen LogP contribution in [-0.4, -0.2) is 22.1 Å². The number of hydrogen-bond acceptors (Lipinski definition) is 2. The lowest BCUT2D eigenvalue weighted by atomic mass is 10.2. The molecule has 1 N–H and O–H groups in total. The van der Waals surface area contributed by atoms with Crippen LogP contribution < -0.4 is 0 Å². The third-order valence-electron chi connectivity index (χ3n) is 2.13. The summed E-state index contributed by atoms with van der Waals surface area (Å²) in [6, 6.07) is 4.72. The van der Waals surface area contributed by atoms with Crippen LogP contribution >= 0.6 is 11.6 Å². The van der Waals surface area contributed by atoms with Crippen molar-refractivity contribution in [3.8, 4) is 0 Å². The summed E-state index contributed by atoms with van der Waals surface area (Å²) in [5.41, 5.74) is 0.768. The number of halogens is 1. The third-order valence-corrected chi connectivity index (χ3v) is 2.37. The van der Waals surface area contributed by atoms with E-state index in [1.54, 1.807) is 18.2 Å². The molecule has 0 spiro atoms. The molecular formula is C10H6ClNO3. The van der Waals surface area contributed by atoms with Gasteiger partial charge in [0.15, 0.2) is 6.29 Å². The summed E-state index contributed by atoms with van der Waals surface area (Å²) in [7, 11) is 0. The van der Waals surface area contributed by atoms with Gasteiger partial charge in [-0.2, -0.15) is 0 Å². The number of nitrogens with zero attached hydrogens (tertiary/aromatic N) is 1. The predicted molar refractivity (Wildman–Crippen MR) is 55.8 cm³/mol. The molecule has 0 radical (unpaired) electrons. The van der Waals surface area contributed by atoms with Gasteiger partial charge in [-0.1, -0.05) is 11.6 Å². The molecule has 0 aliphatic carbocycles. The average molecular weight is 224 g/mol. The zero-order valence-electron chi connectivity index (χ0n) is 7.48. The minimum atomic E-state index is -1.13. The van der Waals surface area contributed by atoms with Crippen LogP contribution in [0, 0.1) is 0 Å². The Kier molecular flexibility index (Phi) is 2.21. The van der Waals surface area contributed by atoms with Crippen LogP contribution in [0.5, 0.6) is 0 Å². The summed E-state index contributed by atoms with van der Waals surface area (Å²) in [6.45, 7) is 0. The quantitative estimate of drug-likeness (QED) is 0.756. The molecule has 1 heterocycles. The highest BCUT2D eigenvalue weighted by molar-refractivity contribution is 6.31. The Bertz CT molecular complexity index is 559. The predicted octanol–water partition coefficient (Wildman–Crippen LogP) is 2.63. The van der Waals surface area contributed by atoms with Gasteiger partial charge in [-0.05, 0) is 18.2 Å². The van der Waals surface area contributed by atoms with Crippen LogP contribution in [0.3, 0.4) is 0 Å². The number of carbonyl (C=O) groups is 2. The molecule has 0 atom stereocenters. The number of aldehydes is 1. The molecule has 0 amide bonds. The summed E-state index contributed by atoms with van der Waals surface area (Å²) >= 11 is 5.76. The molecule has 0 saturated heterocycles. The fraction of sp³-hybridized carbons (Fsp3) is 0. The van der Waals surface area contributed by atoms with E-state index in [-0.39, 0.29) is 0 Å². The van der Waals surface area contributed by atoms with Crippen LogP contribution in [-0.2, 0) is 0 Å². The molecule has 0 aliphatic heterocycles. The van der Waals surface area contributed by atoms with Crippen LogP contribution in [0.1, 0.15) is 10.4 Å². The fourth-order valence-electron chi connectivity index (χ4n) is 1.48. The van der Waals surface area contributed by atoms with E-state index in [1.165, 1.54) is 6.20 Å². The Morgan fingerprint density at radius 2 is 2.20 bits per heavy atom. The minimum absolute atomic E-state index is 0.315. The molecule has 0 fully saturated rings. The summed E-state index contributed by atoms with van der Waals surface area (Å²) < 4.78 is 0.995. The molecule has 2 rings (SSSR count). The average Bonchev–Trinajstić information content (AvgIpc) is 2.55. The standard InChI is InChI=1S/C10H6ClNO3/c11-7-1-2-9-8(3-7)6(5-13)4-12(9)10(14)15/h1-5H,(H,14,15). The molecule has 76 valence electrons. The van der Waals surface area contributed by atoms with E-state index in [9.17, 15) is 9.59 Å². The summed E-state index contributed by atoms with van der Waals surface area (Å²) in [5.74, 6) is 0. The monoisotopic (exact) mass is 223 g/mol. The van der Waals surface area contributed by atoms with Gasteiger partial charge in [0.05, 0.1) is 5.52 Å². The van der Waals surface area contributed by atoms with E-state index < -0.39 is 6.09 Å². The van der Waals surface area contributed by atoms with Gasteiger partial charge in [0, 0.05) is 22.2 Å². The van der Waals surface area contributed by atoms with E-state index in [1.807, 2.05) is 0 Å². The Balaban J connectivity index is 2.86. The highest BCUT2D eigenvalue weighted by Crippen LogP contribution is 2.23. The molecule has 2 aromatic rings.